The van der Waals surface area contributed by atoms with Gasteiger partial charge in [0.2, 0.25) is 0 Å². The standard InChI is InChI=1S/C17H17NS.C3H7N/c1-12-5-6-17-16(7-8-19-17)14(9-12)10-13-3-2-4-15(18)11-13;1-3-4-2/h2-4,7-11H,5-6,18H2,1H3;3-4H,1H2,2H3/b14-10+;. The van der Waals surface area contributed by atoms with E-state index in [1.807, 2.05) is 36.6 Å². The van der Waals surface area contributed by atoms with E-state index in [0.717, 1.165) is 24.1 Å². The maximum absolute atomic E-state index is 5.85. The molecule has 1 aromatic heterocycles. The lowest BCUT2D eigenvalue weighted by Crippen LogP contribution is -1.87. The fourth-order valence-electron chi connectivity index (χ4n) is 2.47. The maximum atomic E-state index is 5.85. The first-order valence-electron chi connectivity index (χ1n) is 7.73. The van der Waals surface area contributed by atoms with Gasteiger partial charge in [0.05, 0.1) is 0 Å². The summed E-state index contributed by atoms with van der Waals surface area (Å²) in [6, 6.07) is 10.3. The van der Waals surface area contributed by atoms with E-state index in [9.17, 15) is 0 Å². The minimum Gasteiger partial charge on any atom is -0.399 e. The number of nitrogens with one attached hydrogen (secondary N) is 1. The van der Waals surface area contributed by atoms with Crippen LogP contribution >= 0.6 is 11.3 Å². The highest BCUT2D eigenvalue weighted by molar-refractivity contribution is 7.10. The molecule has 3 rings (SSSR count). The van der Waals surface area contributed by atoms with E-state index < -0.39 is 0 Å². The van der Waals surface area contributed by atoms with Crippen LogP contribution in [0.5, 0.6) is 0 Å². The minimum absolute atomic E-state index is 0.814. The van der Waals surface area contributed by atoms with Crippen molar-refractivity contribution < 1.29 is 0 Å². The van der Waals surface area contributed by atoms with E-state index in [4.69, 9.17) is 5.73 Å². The molecule has 1 heterocycles. The van der Waals surface area contributed by atoms with Gasteiger partial charge >= 0.3 is 0 Å². The third-order valence-corrected chi connectivity index (χ3v) is 4.62. The Morgan fingerprint density at radius 2 is 2.04 bits per heavy atom. The van der Waals surface area contributed by atoms with Gasteiger partial charge in [0.25, 0.3) is 0 Å². The Morgan fingerprint density at radius 3 is 2.74 bits per heavy atom. The average Bonchev–Trinajstić information content (AvgIpc) is 2.96. The van der Waals surface area contributed by atoms with Crippen molar-refractivity contribution in [2.75, 3.05) is 12.8 Å². The molecule has 0 amide bonds. The number of anilines is 1. The van der Waals surface area contributed by atoms with Crippen LogP contribution in [-0.4, -0.2) is 7.05 Å². The predicted octanol–water partition coefficient (Wildman–Crippen LogP) is 5.11. The Balaban J connectivity index is 0.000000433. The Hall–Kier alpha value is -2.26. The van der Waals surface area contributed by atoms with E-state index in [1.54, 1.807) is 6.20 Å². The lowest BCUT2D eigenvalue weighted by molar-refractivity contribution is 0.966. The molecule has 120 valence electrons. The topological polar surface area (TPSA) is 38.0 Å². The third kappa shape index (κ3) is 4.86. The van der Waals surface area contributed by atoms with Gasteiger partial charge in [-0.15, -0.1) is 11.3 Å². The van der Waals surface area contributed by atoms with E-state index >= 15 is 0 Å². The second kappa shape index (κ2) is 8.39. The smallest absolute Gasteiger partial charge is 0.0319 e. The summed E-state index contributed by atoms with van der Waals surface area (Å²) in [7, 11) is 1.81. The Bertz CT molecular complexity index is 723. The lowest BCUT2D eigenvalue weighted by atomic mass is 10.0. The van der Waals surface area contributed by atoms with E-state index in [-0.39, 0.29) is 0 Å². The van der Waals surface area contributed by atoms with Gasteiger partial charge in [-0.3, -0.25) is 0 Å². The SMILES string of the molecule is C=CNC.CC1=C/C(=C\c2cccc(N)c2)c2ccsc2CC1. The summed E-state index contributed by atoms with van der Waals surface area (Å²) in [5, 5.41) is 4.88. The molecule has 0 spiro atoms. The predicted molar refractivity (Wildman–Crippen MR) is 104 cm³/mol. The number of nitrogen functional groups attached to an aromatic ring is 1. The van der Waals surface area contributed by atoms with Crippen LogP contribution in [-0.2, 0) is 6.42 Å². The van der Waals surface area contributed by atoms with Gasteiger partial charge in [-0.05, 0) is 72.3 Å². The molecule has 2 aromatic rings. The fourth-order valence-corrected chi connectivity index (χ4v) is 3.37. The summed E-state index contributed by atoms with van der Waals surface area (Å²) in [5.74, 6) is 0. The lowest BCUT2D eigenvalue weighted by Gasteiger charge is -2.03. The molecular weight excluding hydrogens is 300 g/mol. The molecule has 0 bridgehead atoms. The summed E-state index contributed by atoms with van der Waals surface area (Å²) >= 11 is 1.86. The molecule has 0 atom stereocenters. The third-order valence-electron chi connectivity index (χ3n) is 3.64. The second-order valence-corrected chi connectivity index (χ2v) is 6.51. The first-order valence-corrected chi connectivity index (χ1v) is 8.61. The van der Waals surface area contributed by atoms with Crippen molar-refractivity contribution in [3.63, 3.8) is 0 Å². The van der Waals surface area contributed by atoms with Crippen molar-refractivity contribution >= 4 is 28.7 Å². The van der Waals surface area contributed by atoms with Crippen LogP contribution in [0.2, 0.25) is 0 Å². The molecule has 0 saturated heterocycles. The van der Waals surface area contributed by atoms with Crippen molar-refractivity contribution in [1.29, 1.82) is 0 Å². The fraction of sp³-hybridized carbons (Fsp3) is 0.200. The first-order chi connectivity index (χ1) is 11.1. The number of thiophene rings is 1. The van der Waals surface area contributed by atoms with Crippen LogP contribution < -0.4 is 11.1 Å². The van der Waals surface area contributed by atoms with Gasteiger partial charge in [-0.25, -0.2) is 0 Å². The van der Waals surface area contributed by atoms with E-state index in [2.05, 4.69) is 48.5 Å². The number of rotatable bonds is 2. The van der Waals surface area contributed by atoms with Gasteiger partial charge in [-0.1, -0.05) is 30.4 Å². The largest absolute Gasteiger partial charge is 0.399 e. The van der Waals surface area contributed by atoms with Gasteiger partial charge in [-0.2, -0.15) is 0 Å². The van der Waals surface area contributed by atoms with Crippen LogP contribution in [0.25, 0.3) is 11.6 Å². The van der Waals surface area contributed by atoms with Crippen LogP contribution in [0.15, 0.2) is 60.1 Å². The molecule has 1 aromatic carbocycles. The second-order valence-electron chi connectivity index (χ2n) is 5.51. The van der Waals surface area contributed by atoms with Crippen LogP contribution in [0.4, 0.5) is 5.69 Å². The van der Waals surface area contributed by atoms with Gasteiger partial charge in [0, 0.05) is 17.6 Å². The minimum atomic E-state index is 0.814. The number of benzene rings is 1. The highest BCUT2D eigenvalue weighted by atomic mass is 32.1. The average molecular weight is 324 g/mol. The summed E-state index contributed by atoms with van der Waals surface area (Å²) in [5.41, 5.74) is 12.0. The number of fused-ring (bicyclic) bond motifs is 1. The number of aryl methyl sites for hydroxylation is 1. The van der Waals surface area contributed by atoms with E-state index in [0.29, 0.717) is 0 Å². The Kier molecular flexibility index (Phi) is 6.24. The zero-order valence-corrected chi connectivity index (χ0v) is 14.6. The molecule has 0 saturated carbocycles. The van der Waals surface area contributed by atoms with Crippen LogP contribution in [0.3, 0.4) is 0 Å². The van der Waals surface area contributed by atoms with Crippen molar-refractivity contribution in [3.8, 4) is 0 Å². The van der Waals surface area contributed by atoms with Crippen molar-refractivity contribution in [2.24, 2.45) is 0 Å². The molecule has 0 aliphatic heterocycles. The van der Waals surface area contributed by atoms with Crippen LogP contribution in [0.1, 0.15) is 29.3 Å². The monoisotopic (exact) mass is 324 g/mol. The molecule has 23 heavy (non-hydrogen) atoms. The Morgan fingerprint density at radius 1 is 1.26 bits per heavy atom. The number of hydrogen-bond donors (Lipinski definition) is 2. The Labute approximate surface area is 143 Å². The first kappa shape index (κ1) is 17.1. The normalized spacial score (nSPS) is 14.9. The highest BCUT2D eigenvalue weighted by Crippen LogP contribution is 2.33. The van der Waals surface area contributed by atoms with Gasteiger partial charge < -0.3 is 11.1 Å². The quantitative estimate of drug-likeness (QED) is 0.753. The molecule has 0 radical (unpaired) electrons. The molecule has 0 unspecified atom stereocenters. The highest BCUT2D eigenvalue weighted by Gasteiger charge is 2.12. The van der Waals surface area contributed by atoms with Crippen molar-refractivity contribution in [1.82, 2.24) is 5.32 Å². The summed E-state index contributed by atoms with van der Waals surface area (Å²) in [6.07, 6.45) is 8.48. The molecule has 1 aliphatic rings. The van der Waals surface area contributed by atoms with Crippen molar-refractivity contribution in [3.05, 3.63) is 76.1 Å². The molecule has 2 nitrogen and oxygen atoms in total. The number of allylic oxidation sites excluding steroid dienone is 3. The molecule has 0 fully saturated rings. The van der Waals surface area contributed by atoms with Crippen LogP contribution in [0, 0.1) is 0 Å². The summed E-state index contributed by atoms with van der Waals surface area (Å²) in [6.45, 7) is 5.58. The summed E-state index contributed by atoms with van der Waals surface area (Å²) in [4.78, 5) is 1.49. The molecule has 1 aliphatic carbocycles. The number of hydrogen-bond acceptors (Lipinski definition) is 3. The van der Waals surface area contributed by atoms with Gasteiger partial charge in [0.15, 0.2) is 0 Å². The maximum Gasteiger partial charge on any atom is 0.0319 e. The van der Waals surface area contributed by atoms with Gasteiger partial charge in [0.1, 0.15) is 0 Å². The zero-order valence-electron chi connectivity index (χ0n) is 13.8. The summed E-state index contributed by atoms with van der Waals surface area (Å²) < 4.78 is 0. The zero-order chi connectivity index (χ0) is 16.7. The molecular formula is C20H24N2S. The number of nitrogens with two attached hydrogens (primary N) is 1. The molecule has 3 N–H and O–H groups in total. The van der Waals surface area contributed by atoms with E-state index in [1.165, 1.54) is 21.6 Å². The van der Waals surface area contributed by atoms with Crippen molar-refractivity contribution in [2.45, 2.75) is 19.8 Å². The molecule has 3 heteroatoms.